The van der Waals surface area contributed by atoms with Crippen molar-refractivity contribution in [1.82, 2.24) is 4.90 Å². The van der Waals surface area contributed by atoms with Crippen molar-refractivity contribution in [1.29, 1.82) is 0 Å². The molecule has 2 aromatic rings. The summed E-state index contributed by atoms with van der Waals surface area (Å²) in [6.07, 6.45) is 1.72. The van der Waals surface area contributed by atoms with Crippen LogP contribution in [-0.2, 0) is 0 Å². The predicted octanol–water partition coefficient (Wildman–Crippen LogP) is 4.51. The Hall–Kier alpha value is -2.43. The molecule has 0 unspecified atom stereocenters. The van der Waals surface area contributed by atoms with E-state index in [1.807, 2.05) is 31.2 Å². The zero-order valence-corrected chi connectivity index (χ0v) is 15.1. The van der Waals surface area contributed by atoms with Gasteiger partial charge in [-0.05, 0) is 50.5 Å². The van der Waals surface area contributed by atoms with Crippen molar-refractivity contribution in [2.24, 2.45) is 5.92 Å². The summed E-state index contributed by atoms with van der Waals surface area (Å²) in [5, 5.41) is 0. The largest absolute Gasteiger partial charge is 0.493 e. The van der Waals surface area contributed by atoms with E-state index in [0.717, 1.165) is 30.2 Å². The molecule has 0 saturated carbocycles. The minimum atomic E-state index is -0.809. The first kappa shape index (κ1) is 18.4. The van der Waals surface area contributed by atoms with E-state index in [2.05, 4.69) is 0 Å². The molecule has 0 aromatic heterocycles. The fourth-order valence-corrected chi connectivity index (χ4v) is 3.24. The maximum atomic E-state index is 14.3. The van der Waals surface area contributed by atoms with Gasteiger partial charge in [-0.2, -0.15) is 0 Å². The Balaban J connectivity index is 1.65. The number of aryl methyl sites for hydroxylation is 2. The van der Waals surface area contributed by atoms with Gasteiger partial charge in [-0.3, -0.25) is 4.79 Å². The molecule has 0 spiro atoms. The van der Waals surface area contributed by atoms with E-state index in [1.54, 1.807) is 0 Å². The second-order valence-electron chi connectivity index (χ2n) is 6.94. The van der Waals surface area contributed by atoms with Gasteiger partial charge >= 0.3 is 0 Å². The molecule has 3 nitrogen and oxygen atoms in total. The summed E-state index contributed by atoms with van der Waals surface area (Å²) >= 11 is 0. The summed E-state index contributed by atoms with van der Waals surface area (Å²) in [5.41, 5.74) is 0.977. The SMILES string of the molecule is Cc1ccc(OC[C@@H]2CCCN(C(=O)c3c(F)ccc(C)c3F)C2)cc1. The molecule has 26 heavy (non-hydrogen) atoms. The van der Waals surface area contributed by atoms with Crippen molar-refractivity contribution in [3.63, 3.8) is 0 Å². The average Bonchev–Trinajstić information content (AvgIpc) is 2.65. The normalized spacial score (nSPS) is 17.2. The van der Waals surface area contributed by atoms with Gasteiger partial charge in [0.05, 0.1) is 6.61 Å². The number of carbonyl (C=O) groups is 1. The van der Waals surface area contributed by atoms with Crippen molar-refractivity contribution < 1.29 is 18.3 Å². The minimum absolute atomic E-state index is 0.143. The molecule has 1 atom stereocenters. The lowest BCUT2D eigenvalue weighted by Crippen LogP contribution is -2.42. The number of ether oxygens (including phenoxy) is 1. The van der Waals surface area contributed by atoms with Crippen molar-refractivity contribution in [3.8, 4) is 5.75 Å². The number of amides is 1. The molecule has 3 rings (SSSR count). The van der Waals surface area contributed by atoms with Gasteiger partial charge in [-0.15, -0.1) is 0 Å². The van der Waals surface area contributed by atoms with Crippen LogP contribution in [0, 0.1) is 31.4 Å². The zero-order valence-electron chi connectivity index (χ0n) is 15.1. The molecule has 1 heterocycles. The standard InChI is InChI=1S/C21H23F2NO2/c1-14-5-8-17(9-6-14)26-13-16-4-3-11-24(12-16)21(25)19-18(22)10-7-15(2)20(19)23/h5-10,16H,3-4,11-13H2,1-2H3/t16-/m1/s1. The van der Waals surface area contributed by atoms with E-state index >= 15 is 0 Å². The lowest BCUT2D eigenvalue weighted by atomic mass is 9.97. The van der Waals surface area contributed by atoms with Crippen LogP contribution in [0.25, 0.3) is 0 Å². The van der Waals surface area contributed by atoms with Crippen LogP contribution in [0.15, 0.2) is 36.4 Å². The Kier molecular flexibility index (Phi) is 5.55. The third-order valence-electron chi connectivity index (χ3n) is 4.81. The van der Waals surface area contributed by atoms with Crippen molar-refractivity contribution in [3.05, 3.63) is 64.7 Å². The first-order valence-electron chi connectivity index (χ1n) is 8.89. The number of piperidine rings is 1. The van der Waals surface area contributed by atoms with Crippen molar-refractivity contribution >= 4 is 5.91 Å². The third-order valence-corrected chi connectivity index (χ3v) is 4.81. The van der Waals surface area contributed by atoms with Crippen molar-refractivity contribution in [2.45, 2.75) is 26.7 Å². The highest BCUT2D eigenvalue weighted by Crippen LogP contribution is 2.23. The first-order valence-corrected chi connectivity index (χ1v) is 8.89. The van der Waals surface area contributed by atoms with E-state index in [9.17, 15) is 13.6 Å². The molecule has 1 aliphatic heterocycles. The molecule has 0 radical (unpaired) electrons. The molecule has 0 bridgehead atoms. The van der Waals surface area contributed by atoms with Crippen LogP contribution in [-0.4, -0.2) is 30.5 Å². The maximum absolute atomic E-state index is 14.3. The Labute approximate surface area is 152 Å². The van der Waals surface area contributed by atoms with E-state index in [0.29, 0.717) is 19.7 Å². The van der Waals surface area contributed by atoms with Gasteiger partial charge in [0.1, 0.15) is 22.9 Å². The van der Waals surface area contributed by atoms with Crippen LogP contribution in [0.1, 0.15) is 34.3 Å². The molecular weight excluding hydrogens is 336 g/mol. The lowest BCUT2D eigenvalue weighted by molar-refractivity contribution is 0.0623. The highest BCUT2D eigenvalue weighted by Gasteiger charge is 2.29. The number of benzene rings is 2. The van der Waals surface area contributed by atoms with Gasteiger partial charge in [0.15, 0.2) is 0 Å². The minimum Gasteiger partial charge on any atom is -0.493 e. The summed E-state index contributed by atoms with van der Waals surface area (Å²) in [6, 6.07) is 10.3. The number of carbonyl (C=O) groups excluding carboxylic acids is 1. The van der Waals surface area contributed by atoms with Crippen LogP contribution in [0.3, 0.4) is 0 Å². The number of nitrogens with zero attached hydrogens (tertiary/aromatic N) is 1. The summed E-state index contributed by atoms with van der Waals surface area (Å²) in [6.45, 7) is 4.97. The Morgan fingerprint density at radius 1 is 1.15 bits per heavy atom. The second-order valence-corrected chi connectivity index (χ2v) is 6.94. The predicted molar refractivity (Wildman–Crippen MR) is 96.4 cm³/mol. The molecule has 1 aliphatic rings. The van der Waals surface area contributed by atoms with Gasteiger partial charge in [0.25, 0.3) is 5.91 Å². The molecule has 5 heteroatoms. The number of likely N-dealkylation sites (tertiary alicyclic amines) is 1. The van der Waals surface area contributed by atoms with E-state index in [-0.39, 0.29) is 11.5 Å². The smallest absolute Gasteiger partial charge is 0.259 e. The molecule has 1 amide bonds. The highest BCUT2D eigenvalue weighted by atomic mass is 19.1. The van der Waals surface area contributed by atoms with Crippen LogP contribution in [0.5, 0.6) is 5.75 Å². The zero-order chi connectivity index (χ0) is 18.7. The molecule has 0 N–H and O–H groups in total. The topological polar surface area (TPSA) is 29.5 Å². The van der Waals surface area contributed by atoms with Crippen LogP contribution >= 0.6 is 0 Å². The summed E-state index contributed by atoms with van der Waals surface area (Å²) in [7, 11) is 0. The van der Waals surface area contributed by atoms with Gasteiger partial charge in [0, 0.05) is 19.0 Å². The first-order chi connectivity index (χ1) is 12.5. The van der Waals surface area contributed by atoms with Crippen LogP contribution < -0.4 is 4.74 Å². The maximum Gasteiger partial charge on any atom is 0.259 e. The van der Waals surface area contributed by atoms with Crippen molar-refractivity contribution in [2.75, 3.05) is 19.7 Å². The van der Waals surface area contributed by atoms with Gasteiger partial charge in [0.2, 0.25) is 0 Å². The van der Waals surface area contributed by atoms with Gasteiger partial charge in [-0.1, -0.05) is 23.8 Å². The summed E-state index contributed by atoms with van der Waals surface area (Å²) < 4.78 is 34.1. The lowest BCUT2D eigenvalue weighted by Gasteiger charge is -2.33. The number of hydrogen-bond donors (Lipinski definition) is 0. The van der Waals surface area contributed by atoms with E-state index < -0.39 is 23.1 Å². The van der Waals surface area contributed by atoms with Gasteiger partial charge < -0.3 is 9.64 Å². The molecule has 138 valence electrons. The molecule has 1 saturated heterocycles. The van der Waals surface area contributed by atoms with Crippen LogP contribution in [0.2, 0.25) is 0 Å². The van der Waals surface area contributed by atoms with Crippen LogP contribution in [0.4, 0.5) is 8.78 Å². The fourth-order valence-electron chi connectivity index (χ4n) is 3.24. The quantitative estimate of drug-likeness (QED) is 0.804. The van der Waals surface area contributed by atoms with Gasteiger partial charge in [-0.25, -0.2) is 8.78 Å². The second kappa shape index (κ2) is 7.85. The number of hydrogen-bond acceptors (Lipinski definition) is 2. The Morgan fingerprint density at radius 2 is 1.88 bits per heavy atom. The third kappa shape index (κ3) is 4.03. The Bertz CT molecular complexity index is 789. The molecular formula is C21H23F2NO2. The Morgan fingerprint density at radius 3 is 2.62 bits per heavy atom. The van der Waals surface area contributed by atoms with E-state index in [4.69, 9.17) is 4.74 Å². The summed E-state index contributed by atoms with van der Waals surface area (Å²) in [5.74, 6) is -1.23. The van der Waals surface area contributed by atoms with E-state index in [1.165, 1.54) is 17.9 Å². The number of halogens is 2. The molecule has 2 aromatic carbocycles. The average molecular weight is 359 g/mol. The molecule has 1 fully saturated rings. The molecule has 0 aliphatic carbocycles. The monoisotopic (exact) mass is 359 g/mol. The summed E-state index contributed by atoms with van der Waals surface area (Å²) in [4.78, 5) is 14.2. The fraction of sp³-hybridized carbons (Fsp3) is 0.381. The highest BCUT2D eigenvalue weighted by molar-refractivity contribution is 5.95. The number of rotatable bonds is 4.